The molecular formula is C9H15N7. The number of aromatic nitrogens is 3. The predicted molar refractivity (Wildman–Crippen MR) is 60.6 cm³/mol. The van der Waals surface area contributed by atoms with E-state index in [9.17, 15) is 0 Å². The summed E-state index contributed by atoms with van der Waals surface area (Å²) in [6.45, 7) is 5.70. The van der Waals surface area contributed by atoms with Gasteiger partial charge in [0.15, 0.2) is 12.0 Å². The topological polar surface area (TPSA) is 98.5 Å². The van der Waals surface area contributed by atoms with Gasteiger partial charge in [-0.05, 0) is 13.8 Å². The highest BCUT2D eigenvalue weighted by molar-refractivity contribution is 5.34. The molecular weight excluding hydrogens is 206 g/mol. The molecule has 0 bridgehead atoms. The molecule has 0 spiro atoms. The van der Waals surface area contributed by atoms with Crippen molar-refractivity contribution < 1.29 is 0 Å². The van der Waals surface area contributed by atoms with E-state index in [4.69, 9.17) is 5.26 Å². The first-order valence-corrected chi connectivity index (χ1v) is 5.14. The summed E-state index contributed by atoms with van der Waals surface area (Å²) in [4.78, 5) is 12.5. The number of anilines is 2. The lowest BCUT2D eigenvalue weighted by Crippen LogP contribution is -2.14. The minimum atomic E-state index is 0.301. The lowest BCUT2D eigenvalue weighted by Gasteiger charge is -2.07. The molecule has 0 aliphatic carbocycles. The van der Waals surface area contributed by atoms with Crippen molar-refractivity contribution in [1.29, 1.82) is 5.26 Å². The number of nitriles is 1. The van der Waals surface area contributed by atoms with Gasteiger partial charge in [0.2, 0.25) is 11.9 Å². The summed E-state index contributed by atoms with van der Waals surface area (Å²) in [7, 11) is 0. The second-order valence-corrected chi connectivity index (χ2v) is 2.92. The molecule has 86 valence electrons. The van der Waals surface area contributed by atoms with Gasteiger partial charge in [0.1, 0.15) is 0 Å². The summed E-state index contributed by atoms with van der Waals surface area (Å²) in [6.07, 6.45) is 1.83. The van der Waals surface area contributed by atoms with Gasteiger partial charge >= 0.3 is 0 Å². The standard InChI is InChI=1S/C9H15N7/c1-3-12-8-14-7(5-11-6-10)15-9(16-8)13-4-2/h11H,3-5H2,1-2H3,(H2,12,13,14,15,16). The lowest BCUT2D eigenvalue weighted by atomic mass is 10.5. The van der Waals surface area contributed by atoms with Crippen LogP contribution in [0.15, 0.2) is 0 Å². The van der Waals surface area contributed by atoms with Gasteiger partial charge in [0.25, 0.3) is 0 Å². The highest BCUT2D eigenvalue weighted by Gasteiger charge is 2.04. The number of hydrogen-bond acceptors (Lipinski definition) is 7. The lowest BCUT2D eigenvalue weighted by molar-refractivity contribution is 0.791. The van der Waals surface area contributed by atoms with E-state index in [0.29, 0.717) is 24.3 Å². The first kappa shape index (κ1) is 12.0. The van der Waals surface area contributed by atoms with E-state index >= 15 is 0 Å². The van der Waals surface area contributed by atoms with Crippen LogP contribution in [0.3, 0.4) is 0 Å². The fraction of sp³-hybridized carbons (Fsp3) is 0.556. The van der Waals surface area contributed by atoms with Crippen LogP contribution in [-0.4, -0.2) is 28.0 Å². The van der Waals surface area contributed by atoms with Crippen LogP contribution >= 0.6 is 0 Å². The predicted octanol–water partition coefficient (Wildman–Crippen LogP) is 0.306. The monoisotopic (exact) mass is 221 g/mol. The Hall–Kier alpha value is -2.10. The van der Waals surface area contributed by atoms with E-state index < -0.39 is 0 Å². The van der Waals surface area contributed by atoms with Gasteiger partial charge in [-0.2, -0.15) is 20.2 Å². The minimum Gasteiger partial charge on any atom is -0.354 e. The number of rotatable bonds is 6. The molecule has 0 aromatic carbocycles. The van der Waals surface area contributed by atoms with Gasteiger partial charge in [0, 0.05) is 13.1 Å². The molecule has 1 rings (SSSR count). The fourth-order valence-electron chi connectivity index (χ4n) is 1.09. The van der Waals surface area contributed by atoms with Gasteiger partial charge in [-0.3, -0.25) is 0 Å². The van der Waals surface area contributed by atoms with Gasteiger partial charge in [-0.25, -0.2) is 0 Å². The van der Waals surface area contributed by atoms with Crippen LogP contribution in [0.25, 0.3) is 0 Å². The zero-order valence-electron chi connectivity index (χ0n) is 9.41. The van der Waals surface area contributed by atoms with Crippen molar-refractivity contribution in [1.82, 2.24) is 20.3 Å². The van der Waals surface area contributed by atoms with Crippen molar-refractivity contribution >= 4 is 11.9 Å². The smallest absolute Gasteiger partial charge is 0.227 e. The molecule has 0 saturated heterocycles. The van der Waals surface area contributed by atoms with Gasteiger partial charge in [-0.15, -0.1) is 0 Å². The van der Waals surface area contributed by atoms with Crippen molar-refractivity contribution in [3.05, 3.63) is 5.82 Å². The number of hydrogen-bond donors (Lipinski definition) is 3. The van der Waals surface area contributed by atoms with Gasteiger partial charge in [-0.1, -0.05) is 0 Å². The molecule has 0 unspecified atom stereocenters. The molecule has 0 amide bonds. The second-order valence-electron chi connectivity index (χ2n) is 2.92. The summed E-state index contributed by atoms with van der Waals surface area (Å²) in [6, 6.07) is 0. The average molecular weight is 221 g/mol. The Bertz CT molecular complexity index is 346. The maximum absolute atomic E-state index is 8.41. The quantitative estimate of drug-likeness (QED) is 0.469. The van der Waals surface area contributed by atoms with Crippen molar-refractivity contribution in [3.8, 4) is 6.19 Å². The van der Waals surface area contributed by atoms with Gasteiger partial charge in [0.05, 0.1) is 6.54 Å². The molecule has 0 aliphatic heterocycles. The van der Waals surface area contributed by atoms with Crippen molar-refractivity contribution in [3.63, 3.8) is 0 Å². The van der Waals surface area contributed by atoms with Crippen LogP contribution in [0, 0.1) is 11.5 Å². The van der Waals surface area contributed by atoms with Crippen LogP contribution in [0.5, 0.6) is 0 Å². The third kappa shape index (κ3) is 3.57. The molecule has 3 N–H and O–H groups in total. The molecule has 1 heterocycles. The van der Waals surface area contributed by atoms with E-state index in [1.54, 1.807) is 0 Å². The van der Waals surface area contributed by atoms with E-state index in [-0.39, 0.29) is 0 Å². The normalized spacial score (nSPS) is 9.31. The molecule has 1 aromatic rings. The Morgan fingerprint density at radius 3 is 2.06 bits per heavy atom. The fourth-order valence-corrected chi connectivity index (χ4v) is 1.09. The second kappa shape index (κ2) is 6.40. The zero-order chi connectivity index (χ0) is 11.8. The maximum atomic E-state index is 8.41. The summed E-state index contributed by atoms with van der Waals surface area (Å²) >= 11 is 0. The molecule has 16 heavy (non-hydrogen) atoms. The largest absolute Gasteiger partial charge is 0.354 e. The molecule has 0 radical (unpaired) electrons. The van der Waals surface area contributed by atoms with E-state index in [0.717, 1.165) is 13.1 Å². The minimum absolute atomic E-state index is 0.301. The Kier molecular flexibility index (Phi) is 4.79. The molecule has 0 aliphatic rings. The Morgan fingerprint density at radius 2 is 1.62 bits per heavy atom. The molecule has 1 aromatic heterocycles. The highest BCUT2D eigenvalue weighted by Crippen LogP contribution is 2.04. The molecule has 7 heteroatoms. The molecule has 0 saturated carbocycles. The molecule has 0 fully saturated rings. The summed E-state index contributed by atoms with van der Waals surface area (Å²) < 4.78 is 0. The average Bonchev–Trinajstić information content (AvgIpc) is 2.27. The third-order valence-corrected chi connectivity index (χ3v) is 1.68. The summed E-state index contributed by atoms with van der Waals surface area (Å²) in [5, 5.41) is 16.9. The Morgan fingerprint density at radius 1 is 1.06 bits per heavy atom. The van der Waals surface area contributed by atoms with Crippen LogP contribution in [0.4, 0.5) is 11.9 Å². The summed E-state index contributed by atoms with van der Waals surface area (Å²) in [5.41, 5.74) is 0. The van der Waals surface area contributed by atoms with Crippen LogP contribution < -0.4 is 16.0 Å². The first-order chi connectivity index (χ1) is 7.80. The Labute approximate surface area is 94.3 Å². The van der Waals surface area contributed by atoms with E-state index in [1.807, 2.05) is 20.0 Å². The van der Waals surface area contributed by atoms with Crippen molar-refractivity contribution in [2.24, 2.45) is 0 Å². The maximum Gasteiger partial charge on any atom is 0.227 e. The molecule has 0 atom stereocenters. The van der Waals surface area contributed by atoms with Crippen molar-refractivity contribution in [2.45, 2.75) is 20.4 Å². The number of nitrogens with zero attached hydrogens (tertiary/aromatic N) is 4. The van der Waals surface area contributed by atoms with Crippen LogP contribution in [0.2, 0.25) is 0 Å². The van der Waals surface area contributed by atoms with E-state index in [1.165, 1.54) is 0 Å². The van der Waals surface area contributed by atoms with Crippen molar-refractivity contribution in [2.75, 3.05) is 23.7 Å². The van der Waals surface area contributed by atoms with E-state index in [2.05, 4.69) is 30.9 Å². The highest BCUT2D eigenvalue weighted by atomic mass is 15.2. The zero-order valence-corrected chi connectivity index (χ0v) is 9.41. The Balaban J connectivity index is 2.85. The SMILES string of the molecule is CCNc1nc(CNC#N)nc(NCC)n1. The summed E-state index contributed by atoms with van der Waals surface area (Å²) in [5.74, 6) is 1.56. The third-order valence-electron chi connectivity index (χ3n) is 1.68. The van der Waals surface area contributed by atoms with Gasteiger partial charge < -0.3 is 16.0 Å². The molecule has 7 nitrogen and oxygen atoms in total. The first-order valence-electron chi connectivity index (χ1n) is 5.14. The van der Waals surface area contributed by atoms with Crippen LogP contribution in [-0.2, 0) is 6.54 Å². The van der Waals surface area contributed by atoms with Crippen LogP contribution in [0.1, 0.15) is 19.7 Å². The number of nitrogens with one attached hydrogen (secondary N) is 3.